The Balaban J connectivity index is 1.31. The minimum atomic E-state index is -0.763. The Hall–Kier alpha value is -5.13. The molecule has 0 unspecified atom stereocenters. The Morgan fingerprint density at radius 1 is 0.895 bits per heavy atom. The van der Waals surface area contributed by atoms with E-state index in [0.29, 0.717) is 28.7 Å². The van der Waals surface area contributed by atoms with Gasteiger partial charge in [-0.15, -0.1) is 15.3 Å². The smallest absolute Gasteiger partial charge is 0.193 e. The number of benzene rings is 1. The summed E-state index contributed by atoms with van der Waals surface area (Å²) in [5.74, 6) is -0.650. The molecule has 0 aliphatic carbocycles. The molecule has 2 N–H and O–H groups in total. The zero-order valence-corrected chi connectivity index (χ0v) is 20.3. The van der Waals surface area contributed by atoms with E-state index in [1.165, 1.54) is 16.8 Å². The molecule has 0 saturated heterocycles. The third kappa shape index (κ3) is 4.11. The van der Waals surface area contributed by atoms with E-state index in [4.69, 9.17) is 5.73 Å². The van der Waals surface area contributed by atoms with E-state index < -0.39 is 11.6 Å². The summed E-state index contributed by atoms with van der Waals surface area (Å²) in [6.07, 6.45) is 3.12. The predicted molar refractivity (Wildman–Crippen MR) is 136 cm³/mol. The Labute approximate surface area is 214 Å². The molecule has 10 nitrogen and oxygen atoms in total. The highest BCUT2D eigenvalue weighted by atomic mass is 19.1. The van der Waals surface area contributed by atoms with Crippen molar-refractivity contribution in [3.05, 3.63) is 89.4 Å². The van der Waals surface area contributed by atoms with Crippen molar-refractivity contribution in [2.24, 2.45) is 0 Å². The largest absolute Gasteiger partial charge is 0.381 e. The molecule has 0 spiro atoms. The van der Waals surface area contributed by atoms with Gasteiger partial charge < -0.3 is 5.73 Å². The number of fused-ring (bicyclic) bond motifs is 1. The SMILES string of the molecule is Cc1cccc(-c2nc(N)c(F)c(-c3cn(Cc4cccc(-c5nnc6cc(F)ccn56)n4)nn3)n2)c1C. The zero-order chi connectivity index (χ0) is 26.4. The summed E-state index contributed by atoms with van der Waals surface area (Å²) >= 11 is 0. The van der Waals surface area contributed by atoms with E-state index in [1.807, 2.05) is 44.2 Å². The van der Waals surface area contributed by atoms with Gasteiger partial charge in [0.2, 0.25) is 0 Å². The van der Waals surface area contributed by atoms with E-state index in [1.54, 1.807) is 22.9 Å². The number of rotatable bonds is 5. The van der Waals surface area contributed by atoms with Crippen LogP contribution in [0.2, 0.25) is 0 Å². The van der Waals surface area contributed by atoms with E-state index in [-0.39, 0.29) is 23.8 Å². The van der Waals surface area contributed by atoms with Gasteiger partial charge in [0.05, 0.1) is 18.4 Å². The molecule has 0 atom stereocenters. The molecule has 6 aromatic rings. The number of nitrogen functional groups attached to an aromatic ring is 1. The van der Waals surface area contributed by atoms with Crippen molar-refractivity contribution in [2.75, 3.05) is 5.73 Å². The van der Waals surface area contributed by atoms with Gasteiger partial charge in [0, 0.05) is 17.8 Å². The fourth-order valence-electron chi connectivity index (χ4n) is 4.13. The fraction of sp³-hybridized carbons (Fsp3) is 0.115. The summed E-state index contributed by atoms with van der Waals surface area (Å²) in [7, 11) is 0. The lowest BCUT2D eigenvalue weighted by Crippen LogP contribution is -2.04. The molecule has 188 valence electrons. The van der Waals surface area contributed by atoms with Crippen molar-refractivity contribution < 1.29 is 8.78 Å². The minimum Gasteiger partial charge on any atom is -0.381 e. The van der Waals surface area contributed by atoms with Gasteiger partial charge in [-0.2, -0.15) is 0 Å². The first-order valence-corrected chi connectivity index (χ1v) is 11.6. The van der Waals surface area contributed by atoms with Gasteiger partial charge in [0.25, 0.3) is 0 Å². The number of anilines is 1. The monoisotopic (exact) mass is 510 g/mol. The Morgan fingerprint density at radius 2 is 1.74 bits per heavy atom. The van der Waals surface area contributed by atoms with E-state index in [2.05, 4.69) is 35.5 Å². The predicted octanol–water partition coefficient (Wildman–Crippen LogP) is 4.03. The third-order valence-electron chi connectivity index (χ3n) is 6.24. The van der Waals surface area contributed by atoms with Crippen LogP contribution in [0.25, 0.3) is 39.9 Å². The average molecular weight is 511 g/mol. The van der Waals surface area contributed by atoms with E-state index in [9.17, 15) is 8.78 Å². The number of aromatic nitrogens is 9. The first-order chi connectivity index (χ1) is 18.4. The number of pyridine rings is 2. The molecule has 1 aromatic carbocycles. The molecular weight excluding hydrogens is 490 g/mol. The lowest BCUT2D eigenvalue weighted by molar-refractivity contribution is 0.623. The van der Waals surface area contributed by atoms with Gasteiger partial charge in [-0.3, -0.25) is 4.40 Å². The van der Waals surface area contributed by atoms with Crippen LogP contribution in [0.5, 0.6) is 0 Å². The number of hydrogen-bond donors (Lipinski definition) is 1. The summed E-state index contributed by atoms with van der Waals surface area (Å²) in [6.45, 7) is 4.18. The zero-order valence-electron chi connectivity index (χ0n) is 20.3. The number of nitrogens with two attached hydrogens (primary N) is 1. The molecule has 0 bridgehead atoms. The molecule has 0 fully saturated rings. The summed E-state index contributed by atoms with van der Waals surface area (Å²) in [5, 5.41) is 16.4. The van der Waals surface area contributed by atoms with Crippen molar-refractivity contribution in [3.8, 4) is 34.3 Å². The molecular formula is C26H20F2N10. The maximum atomic E-state index is 15.0. The molecule has 0 aliphatic rings. The molecule has 38 heavy (non-hydrogen) atoms. The fourth-order valence-corrected chi connectivity index (χ4v) is 4.13. The molecule has 5 heterocycles. The summed E-state index contributed by atoms with van der Waals surface area (Å²) < 4.78 is 31.7. The van der Waals surface area contributed by atoms with Crippen LogP contribution in [0.3, 0.4) is 0 Å². The number of hydrogen-bond acceptors (Lipinski definition) is 8. The van der Waals surface area contributed by atoms with Gasteiger partial charge in [-0.1, -0.05) is 29.5 Å². The van der Waals surface area contributed by atoms with Crippen LogP contribution in [0.15, 0.2) is 60.9 Å². The van der Waals surface area contributed by atoms with Gasteiger partial charge in [-0.05, 0) is 43.2 Å². The number of aryl methyl sites for hydroxylation is 1. The van der Waals surface area contributed by atoms with Crippen LogP contribution in [0.4, 0.5) is 14.6 Å². The second-order valence-corrected chi connectivity index (χ2v) is 8.75. The molecule has 0 saturated carbocycles. The van der Waals surface area contributed by atoms with Gasteiger partial charge >= 0.3 is 0 Å². The van der Waals surface area contributed by atoms with Crippen molar-refractivity contribution >= 4 is 11.5 Å². The maximum Gasteiger partial charge on any atom is 0.193 e. The molecule has 0 radical (unpaired) electrons. The molecule has 5 aromatic heterocycles. The van der Waals surface area contributed by atoms with Crippen LogP contribution in [-0.4, -0.2) is 44.5 Å². The van der Waals surface area contributed by atoms with Crippen LogP contribution in [-0.2, 0) is 6.54 Å². The normalized spacial score (nSPS) is 11.4. The van der Waals surface area contributed by atoms with Crippen LogP contribution >= 0.6 is 0 Å². The van der Waals surface area contributed by atoms with Gasteiger partial charge in [0.1, 0.15) is 22.9 Å². The Bertz CT molecular complexity index is 1830. The number of halogens is 2. The maximum absolute atomic E-state index is 15.0. The van der Waals surface area contributed by atoms with E-state index in [0.717, 1.165) is 16.7 Å². The average Bonchev–Trinajstić information content (AvgIpc) is 3.54. The van der Waals surface area contributed by atoms with Crippen LogP contribution in [0, 0.1) is 25.5 Å². The van der Waals surface area contributed by atoms with Crippen molar-refractivity contribution in [3.63, 3.8) is 0 Å². The summed E-state index contributed by atoms with van der Waals surface area (Å²) in [5.41, 5.74) is 10.4. The lowest BCUT2D eigenvalue weighted by Gasteiger charge is -2.10. The highest BCUT2D eigenvalue weighted by Gasteiger charge is 2.19. The van der Waals surface area contributed by atoms with Crippen molar-refractivity contribution in [1.29, 1.82) is 0 Å². The summed E-state index contributed by atoms with van der Waals surface area (Å²) in [4.78, 5) is 13.2. The molecule has 6 rings (SSSR count). The first kappa shape index (κ1) is 23.3. The second-order valence-electron chi connectivity index (χ2n) is 8.75. The van der Waals surface area contributed by atoms with Gasteiger partial charge in [0.15, 0.2) is 28.9 Å². The molecule has 12 heteroatoms. The highest BCUT2D eigenvalue weighted by Crippen LogP contribution is 2.28. The quantitative estimate of drug-likeness (QED) is 0.368. The van der Waals surface area contributed by atoms with Gasteiger partial charge in [-0.25, -0.2) is 28.4 Å². The Kier molecular flexibility index (Phi) is 5.56. The second kappa shape index (κ2) is 9.07. The van der Waals surface area contributed by atoms with Crippen LogP contribution < -0.4 is 5.73 Å². The highest BCUT2D eigenvalue weighted by molar-refractivity contribution is 5.68. The van der Waals surface area contributed by atoms with Crippen LogP contribution in [0.1, 0.15) is 16.8 Å². The Morgan fingerprint density at radius 3 is 2.61 bits per heavy atom. The summed E-state index contributed by atoms with van der Waals surface area (Å²) in [6, 6.07) is 13.8. The molecule has 0 amide bonds. The first-order valence-electron chi connectivity index (χ1n) is 11.6. The minimum absolute atomic E-state index is 0.0384. The standard InChI is InChI=1S/C26H20F2N10/c1-14-5-3-7-18(15(14)2)25-31-23(22(28)24(29)32-25)20-13-37(36-33-20)12-17-6-4-8-19(30-17)26-35-34-21-11-16(27)9-10-38(21)26/h3-11,13H,12H2,1-2H3,(H2,29,31,32). The van der Waals surface area contributed by atoms with E-state index >= 15 is 0 Å². The topological polar surface area (TPSA) is 126 Å². The third-order valence-corrected chi connectivity index (χ3v) is 6.24. The van der Waals surface area contributed by atoms with Crippen molar-refractivity contribution in [1.82, 2.24) is 44.5 Å². The van der Waals surface area contributed by atoms with Crippen molar-refractivity contribution in [2.45, 2.75) is 20.4 Å². The number of nitrogens with zero attached hydrogens (tertiary/aromatic N) is 9. The lowest BCUT2D eigenvalue weighted by atomic mass is 10.0. The molecule has 0 aliphatic heterocycles.